The van der Waals surface area contributed by atoms with Gasteiger partial charge in [0.25, 0.3) is 5.91 Å². The molecule has 0 spiro atoms. The van der Waals surface area contributed by atoms with Gasteiger partial charge < -0.3 is 10.1 Å². The minimum Gasteiger partial charge on any atom is -0.455 e. The van der Waals surface area contributed by atoms with Gasteiger partial charge in [-0.2, -0.15) is 0 Å². The van der Waals surface area contributed by atoms with Gasteiger partial charge >= 0.3 is 5.97 Å². The number of hydrogen-bond acceptors (Lipinski definition) is 3. The Bertz CT molecular complexity index is 781. The zero-order valence-corrected chi connectivity index (χ0v) is 15.3. The van der Waals surface area contributed by atoms with Crippen LogP contribution in [-0.2, 0) is 19.7 Å². The first-order chi connectivity index (χ1) is 12.6. The fourth-order valence-corrected chi connectivity index (χ4v) is 3.21. The van der Waals surface area contributed by atoms with Gasteiger partial charge in [0.1, 0.15) is 0 Å². The molecule has 1 fully saturated rings. The summed E-state index contributed by atoms with van der Waals surface area (Å²) in [4.78, 5) is 24.8. The third-order valence-corrected chi connectivity index (χ3v) is 5.18. The molecule has 0 aliphatic heterocycles. The number of amides is 1. The predicted molar refractivity (Wildman–Crippen MR) is 102 cm³/mol. The van der Waals surface area contributed by atoms with Gasteiger partial charge in [0.05, 0.1) is 5.41 Å². The van der Waals surface area contributed by atoms with Crippen molar-refractivity contribution in [2.24, 2.45) is 0 Å². The van der Waals surface area contributed by atoms with Gasteiger partial charge in [0.15, 0.2) is 6.61 Å². The maximum absolute atomic E-state index is 12.5. The van der Waals surface area contributed by atoms with Crippen LogP contribution < -0.4 is 5.32 Å². The van der Waals surface area contributed by atoms with E-state index in [2.05, 4.69) is 19.2 Å². The molecule has 2 aromatic rings. The van der Waals surface area contributed by atoms with E-state index in [0.717, 1.165) is 36.1 Å². The Kier molecular flexibility index (Phi) is 5.40. The average Bonchev–Trinajstić information content (AvgIpc) is 3.49. The Hall–Kier alpha value is -2.62. The maximum Gasteiger partial charge on any atom is 0.317 e. The molecule has 1 saturated carbocycles. The van der Waals surface area contributed by atoms with E-state index in [1.165, 1.54) is 0 Å². The molecule has 3 rings (SSSR count). The molecule has 1 N–H and O–H groups in total. The number of para-hydroxylation sites is 1. The lowest BCUT2D eigenvalue weighted by atomic mass is 9.96. The minimum absolute atomic E-state index is 0.262. The standard InChI is InChI=1S/C22H25NO3/c1-3-16(2)18-11-7-8-12-19(18)23-20(24)15-26-21(25)22(13-14-22)17-9-5-4-6-10-17/h4-12,16H,3,13-15H2,1-2H3,(H,23,24)/t16-/m0/s1. The van der Waals surface area contributed by atoms with Crippen molar-refractivity contribution in [3.05, 3.63) is 65.7 Å². The summed E-state index contributed by atoms with van der Waals surface area (Å²) in [6.45, 7) is 3.98. The van der Waals surface area contributed by atoms with Gasteiger partial charge in [-0.25, -0.2) is 0 Å². The molecule has 136 valence electrons. The zero-order chi connectivity index (χ0) is 18.6. The van der Waals surface area contributed by atoms with Crippen molar-refractivity contribution in [3.63, 3.8) is 0 Å². The first kappa shape index (κ1) is 18.2. The Labute approximate surface area is 154 Å². The molecule has 26 heavy (non-hydrogen) atoms. The summed E-state index contributed by atoms with van der Waals surface area (Å²) >= 11 is 0. The lowest BCUT2D eigenvalue weighted by Gasteiger charge is -2.17. The smallest absolute Gasteiger partial charge is 0.317 e. The molecule has 2 aromatic carbocycles. The van der Waals surface area contributed by atoms with Gasteiger partial charge in [-0.1, -0.05) is 62.4 Å². The van der Waals surface area contributed by atoms with Crippen molar-refractivity contribution in [1.82, 2.24) is 0 Å². The Balaban J connectivity index is 1.59. The van der Waals surface area contributed by atoms with Crippen LogP contribution >= 0.6 is 0 Å². The largest absolute Gasteiger partial charge is 0.455 e. The van der Waals surface area contributed by atoms with E-state index in [1.807, 2.05) is 54.6 Å². The highest BCUT2D eigenvalue weighted by Crippen LogP contribution is 2.49. The molecule has 4 nitrogen and oxygen atoms in total. The summed E-state index contributed by atoms with van der Waals surface area (Å²) in [6.07, 6.45) is 2.53. The molecular formula is C22H25NO3. The SMILES string of the molecule is CC[C@H](C)c1ccccc1NC(=O)COC(=O)C1(c2ccccc2)CC1. The van der Waals surface area contributed by atoms with Crippen LogP contribution in [0.4, 0.5) is 5.69 Å². The zero-order valence-electron chi connectivity index (χ0n) is 15.3. The second-order valence-corrected chi connectivity index (χ2v) is 6.97. The number of anilines is 1. The molecule has 1 aliphatic carbocycles. The number of nitrogens with one attached hydrogen (secondary N) is 1. The number of esters is 1. The molecule has 0 saturated heterocycles. The number of rotatable bonds is 7. The topological polar surface area (TPSA) is 55.4 Å². The van der Waals surface area contributed by atoms with Crippen LogP contribution in [0.25, 0.3) is 0 Å². The van der Waals surface area contributed by atoms with Crippen LogP contribution in [0, 0.1) is 0 Å². The van der Waals surface area contributed by atoms with Gasteiger partial charge in [-0.15, -0.1) is 0 Å². The lowest BCUT2D eigenvalue weighted by molar-refractivity contribution is -0.150. The molecule has 0 aromatic heterocycles. The van der Waals surface area contributed by atoms with E-state index in [4.69, 9.17) is 4.74 Å². The number of ether oxygens (including phenoxy) is 1. The molecule has 4 heteroatoms. The van der Waals surface area contributed by atoms with E-state index in [-0.39, 0.29) is 18.5 Å². The average molecular weight is 351 g/mol. The normalized spacial score (nSPS) is 15.8. The Morgan fingerprint density at radius 3 is 2.38 bits per heavy atom. The van der Waals surface area contributed by atoms with E-state index in [1.54, 1.807) is 0 Å². The Morgan fingerprint density at radius 1 is 1.08 bits per heavy atom. The fraction of sp³-hybridized carbons (Fsp3) is 0.364. The quantitative estimate of drug-likeness (QED) is 0.752. The third-order valence-electron chi connectivity index (χ3n) is 5.18. The fourth-order valence-electron chi connectivity index (χ4n) is 3.21. The van der Waals surface area contributed by atoms with Crippen molar-refractivity contribution in [3.8, 4) is 0 Å². The highest BCUT2D eigenvalue weighted by atomic mass is 16.5. The van der Waals surface area contributed by atoms with Crippen LogP contribution in [0.1, 0.15) is 50.2 Å². The number of carbonyl (C=O) groups excluding carboxylic acids is 2. The molecule has 0 bridgehead atoms. The molecule has 0 heterocycles. The molecule has 0 unspecified atom stereocenters. The summed E-state index contributed by atoms with van der Waals surface area (Å²) in [5.41, 5.74) is 2.29. The van der Waals surface area contributed by atoms with Crippen LogP contribution in [0.15, 0.2) is 54.6 Å². The molecular weight excluding hydrogens is 326 g/mol. The summed E-state index contributed by atoms with van der Waals surface area (Å²) in [6, 6.07) is 17.4. The highest BCUT2D eigenvalue weighted by Gasteiger charge is 2.52. The van der Waals surface area contributed by atoms with Gasteiger partial charge in [-0.3, -0.25) is 9.59 Å². The van der Waals surface area contributed by atoms with Gasteiger partial charge in [0.2, 0.25) is 0 Å². The number of benzene rings is 2. The second-order valence-electron chi connectivity index (χ2n) is 6.97. The van der Waals surface area contributed by atoms with Crippen LogP contribution in [-0.4, -0.2) is 18.5 Å². The highest BCUT2D eigenvalue weighted by molar-refractivity contribution is 5.95. The Morgan fingerprint density at radius 2 is 1.73 bits per heavy atom. The van der Waals surface area contributed by atoms with Crippen molar-refractivity contribution in [2.75, 3.05) is 11.9 Å². The first-order valence-corrected chi connectivity index (χ1v) is 9.18. The van der Waals surface area contributed by atoms with Crippen molar-refractivity contribution in [2.45, 2.75) is 44.4 Å². The van der Waals surface area contributed by atoms with Crippen LogP contribution in [0.2, 0.25) is 0 Å². The summed E-state index contributed by atoms with van der Waals surface area (Å²) in [5.74, 6) is -0.270. The van der Waals surface area contributed by atoms with Gasteiger partial charge in [0, 0.05) is 5.69 Å². The third kappa shape index (κ3) is 3.79. The van der Waals surface area contributed by atoms with Crippen LogP contribution in [0.5, 0.6) is 0 Å². The van der Waals surface area contributed by atoms with E-state index < -0.39 is 5.41 Å². The summed E-state index contributed by atoms with van der Waals surface area (Å²) < 4.78 is 5.33. The monoisotopic (exact) mass is 351 g/mol. The van der Waals surface area contributed by atoms with E-state index in [0.29, 0.717) is 5.92 Å². The first-order valence-electron chi connectivity index (χ1n) is 9.18. The van der Waals surface area contributed by atoms with E-state index >= 15 is 0 Å². The summed E-state index contributed by atoms with van der Waals surface area (Å²) in [7, 11) is 0. The lowest BCUT2D eigenvalue weighted by Crippen LogP contribution is -2.28. The summed E-state index contributed by atoms with van der Waals surface area (Å²) in [5, 5.41) is 2.88. The van der Waals surface area contributed by atoms with Crippen molar-refractivity contribution < 1.29 is 14.3 Å². The second kappa shape index (κ2) is 7.73. The van der Waals surface area contributed by atoms with Crippen LogP contribution in [0.3, 0.4) is 0 Å². The molecule has 0 radical (unpaired) electrons. The number of carbonyl (C=O) groups is 2. The predicted octanol–water partition coefficient (Wildman–Crippen LogP) is 4.41. The number of hydrogen-bond donors (Lipinski definition) is 1. The van der Waals surface area contributed by atoms with E-state index in [9.17, 15) is 9.59 Å². The molecule has 1 aliphatic rings. The van der Waals surface area contributed by atoms with Crippen molar-refractivity contribution >= 4 is 17.6 Å². The molecule has 1 atom stereocenters. The van der Waals surface area contributed by atoms with Gasteiger partial charge in [-0.05, 0) is 42.4 Å². The van der Waals surface area contributed by atoms with Crippen molar-refractivity contribution in [1.29, 1.82) is 0 Å². The minimum atomic E-state index is -0.559. The maximum atomic E-state index is 12.5. The molecule has 1 amide bonds.